The van der Waals surface area contributed by atoms with Crippen LogP contribution in [0, 0.1) is 11.8 Å². The van der Waals surface area contributed by atoms with Gasteiger partial charge in [0, 0.05) is 32.1 Å². The fourth-order valence-electron chi connectivity index (χ4n) is 3.00. The molecule has 0 aromatic heterocycles. The van der Waals surface area contributed by atoms with Gasteiger partial charge >= 0.3 is 0 Å². The van der Waals surface area contributed by atoms with Crippen LogP contribution in [0.3, 0.4) is 0 Å². The first-order chi connectivity index (χ1) is 8.65. The van der Waals surface area contributed by atoms with Crippen molar-refractivity contribution in [2.45, 2.75) is 39.2 Å². The summed E-state index contributed by atoms with van der Waals surface area (Å²) in [6.45, 7) is 9.62. The highest BCUT2D eigenvalue weighted by Gasteiger charge is 2.33. The Morgan fingerprint density at radius 3 is 2.89 bits per heavy atom. The molecule has 2 heterocycles. The van der Waals surface area contributed by atoms with Crippen LogP contribution in [-0.2, 0) is 4.79 Å². The van der Waals surface area contributed by atoms with E-state index in [1.807, 2.05) is 0 Å². The SMILES string of the molecule is CC(C)CNC(=O)CCNC1CCN2CCC1C2. The molecule has 2 fully saturated rings. The molecule has 2 N–H and O–H groups in total. The Morgan fingerprint density at radius 2 is 2.11 bits per heavy atom. The molecule has 0 saturated carbocycles. The average Bonchev–Trinajstić information content (AvgIpc) is 2.72. The van der Waals surface area contributed by atoms with Crippen molar-refractivity contribution in [1.82, 2.24) is 15.5 Å². The zero-order valence-corrected chi connectivity index (χ0v) is 11.7. The lowest BCUT2D eigenvalue weighted by Crippen LogP contribution is -2.44. The van der Waals surface area contributed by atoms with Crippen LogP contribution in [0.5, 0.6) is 0 Å². The summed E-state index contributed by atoms with van der Waals surface area (Å²) >= 11 is 0. The number of fused-ring (bicyclic) bond motifs is 2. The molecule has 4 heteroatoms. The number of piperidine rings is 1. The van der Waals surface area contributed by atoms with Crippen LogP contribution in [0.4, 0.5) is 0 Å². The molecule has 4 nitrogen and oxygen atoms in total. The number of carbonyl (C=O) groups excluding carboxylic acids is 1. The molecule has 18 heavy (non-hydrogen) atoms. The topological polar surface area (TPSA) is 44.4 Å². The zero-order chi connectivity index (χ0) is 13.0. The predicted molar refractivity (Wildman–Crippen MR) is 73.4 cm³/mol. The van der Waals surface area contributed by atoms with Crippen molar-refractivity contribution in [2.75, 3.05) is 32.7 Å². The maximum absolute atomic E-state index is 11.6. The molecule has 2 rings (SSSR count). The van der Waals surface area contributed by atoms with Gasteiger partial charge < -0.3 is 15.5 Å². The summed E-state index contributed by atoms with van der Waals surface area (Å²) in [5.74, 6) is 1.53. The summed E-state index contributed by atoms with van der Waals surface area (Å²) in [5.41, 5.74) is 0. The van der Waals surface area contributed by atoms with Crippen LogP contribution < -0.4 is 10.6 Å². The Hall–Kier alpha value is -0.610. The Kier molecular flexibility index (Phi) is 5.01. The van der Waals surface area contributed by atoms with E-state index in [0.717, 1.165) is 19.0 Å². The molecule has 0 aromatic carbocycles. The normalized spacial score (nSPS) is 30.7. The summed E-state index contributed by atoms with van der Waals surface area (Å²) in [5, 5.41) is 6.55. The number of hydrogen-bond donors (Lipinski definition) is 2. The van der Waals surface area contributed by atoms with Crippen molar-refractivity contribution in [3.63, 3.8) is 0 Å². The van der Waals surface area contributed by atoms with Gasteiger partial charge in [-0.2, -0.15) is 0 Å². The van der Waals surface area contributed by atoms with Crippen LogP contribution in [0.25, 0.3) is 0 Å². The third kappa shape index (κ3) is 3.95. The molecule has 0 spiro atoms. The third-order valence-corrected chi connectivity index (χ3v) is 4.10. The predicted octanol–water partition coefficient (Wildman–Crippen LogP) is 0.833. The minimum atomic E-state index is 0.181. The van der Waals surface area contributed by atoms with E-state index in [9.17, 15) is 4.79 Å². The molecule has 0 aliphatic carbocycles. The molecule has 2 aliphatic rings. The molecule has 3 atom stereocenters. The lowest BCUT2D eigenvalue weighted by molar-refractivity contribution is -0.121. The lowest BCUT2D eigenvalue weighted by Gasteiger charge is -2.31. The van der Waals surface area contributed by atoms with Gasteiger partial charge in [0.05, 0.1) is 0 Å². The van der Waals surface area contributed by atoms with Crippen molar-refractivity contribution in [2.24, 2.45) is 11.8 Å². The van der Waals surface area contributed by atoms with Crippen LogP contribution in [0.1, 0.15) is 33.1 Å². The molecule has 3 unspecified atom stereocenters. The molecule has 2 bridgehead atoms. The summed E-state index contributed by atoms with van der Waals surface area (Å²) in [4.78, 5) is 14.1. The number of carbonyl (C=O) groups is 1. The first kappa shape index (κ1) is 13.8. The molecular weight excluding hydrogens is 226 g/mol. The Bertz CT molecular complexity index is 280. The van der Waals surface area contributed by atoms with Crippen molar-refractivity contribution in [1.29, 1.82) is 0 Å². The van der Waals surface area contributed by atoms with Gasteiger partial charge in [0.15, 0.2) is 0 Å². The van der Waals surface area contributed by atoms with Gasteiger partial charge in [0.2, 0.25) is 5.91 Å². The number of amides is 1. The van der Waals surface area contributed by atoms with E-state index in [4.69, 9.17) is 0 Å². The fourth-order valence-corrected chi connectivity index (χ4v) is 3.00. The molecule has 1 amide bonds. The molecule has 2 saturated heterocycles. The van der Waals surface area contributed by atoms with Crippen LogP contribution in [0.2, 0.25) is 0 Å². The van der Waals surface area contributed by atoms with Gasteiger partial charge in [-0.15, -0.1) is 0 Å². The van der Waals surface area contributed by atoms with Gasteiger partial charge in [-0.1, -0.05) is 13.8 Å². The summed E-state index contributed by atoms with van der Waals surface area (Å²) in [7, 11) is 0. The standard InChI is InChI=1S/C14H27N3O/c1-11(2)9-16-14(18)3-6-15-13-5-8-17-7-4-12(13)10-17/h11-13,15H,3-10H2,1-2H3,(H,16,18). The van der Waals surface area contributed by atoms with Crippen LogP contribution in [-0.4, -0.2) is 49.6 Å². The summed E-state index contributed by atoms with van der Waals surface area (Å²) in [6.07, 6.45) is 3.19. The van der Waals surface area contributed by atoms with E-state index >= 15 is 0 Å². The van der Waals surface area contributed by atoms with E-state index in [1.54, 1.807) is 0 Å². The van der Waals surface area contributed by atoms with Crippen LogP contribution in [0.15, 0.2) is 0 Å². The highest BCUT2D eigenvalue weighted by molar-refractivity contribution is 5.76. The lowest BCUT2D eigenvalue weighted by atomic mass is 9.94. The number of rotatable bonds is 6. The average molecular weight is 253 g/mol. The number of nitrogens with one attached hydrogen (secondary N) is 2. The monoisotopic (exact) mass is 253 g/mol. The maximum Gasteiger partial charge on any atom is 0.221 e. The van der Waals surface area contributed by atoms with E-state index < -0.39 is 0 Å². The Morgan fingerprint density at radius 1 is 1.33 bits per heavy atom. The zero-order valence-electron chi connectivity index (χ0n) is 11.7. The minimum Gasteiger partial charge on any atom is -0.356 e. The van der Waals surface area contributed by atoms with Crippen molar-refractivity contribution in [3.8, 4) is 0 Å². The van der Waals surface area contributed by atoms with Gasteiger partial charge in [0.1, 0.15) is 0 Å². The van der Waals surface area contributed by atoms with Gasteiger partial charge in [0.25, 0.3) is 0 Å². The van der Waals surface area contributed by atoms with E-state index in [-0.39, 0.29) is 5.91 Å². The van der Waals surface area contributed by atoms with Crippen molar-refractivity contribution < 1.29 is 4.79 Å². The van der Waals surface area contributed by atoms with E-state index in [0.29, 0.717) is 18.4 Å². The van der Waals surface area contributed by atoms with E-state index in [2.05, 4.69) is 29.4 Å². The van der Waals surface area contributed by atoms with Crippen LogP contribution >= 0.6 is 0 Å². The smallest absolute Gasteiger partial charge is 0.221 e. The third-order valence-electron chi connectivity index (χ3n) is 4.10. The first-order valence-electron chi connectivity index (χ1n) is 7.37. The highest BCUT2D eigenvalue weighted by atomic mass is 16.1. The highest BCUT2D eigenvalue weighted by Crippen LogP contribution is 2.26. The number of hydrogen-bond acceptors (Lipinski definition) is 3. The first-order valence-corrected chi connectivity index (χ1v) is 7.37. The number of nitrogens with zero attached hydrogens (tertiary/aromatic N) is 1. The molecule has 0 aromatic rings. The van der Waals surface area contributed by atoms with Crippen molar-refractivity contribution >= 4 is 5.91 Å². The maximum atomic E-state index is 11.6. The minimum absolute atomic E-state index is 0.181. The fraction of sp³-hybridized carbons (Fsp3) is 0.929. The Labute approximate surface area is 110 Å². The van der Waals surface area contributed by atoms with E-state index in [1.165, 1.54) is 32.5 Å². The van der Waals surface area contributed by atoms with Gasteiger partial charge in [-0.05, 0) is 37.8 Å². The molecular formula is C14H27N3O. The quantitative estimate of drug-likeness (QED) is 0.737. The summed E-state index contributed by atoms with van der Waals surface area (Å²) < 4.78 is 0. The van der Waals surface area contributed by atoms with Gasteiger partial charge in [-0.3, -0.25) is 4.79 Å². The second kappa shape index (κ2) is 6.53. The largest absolute Gasteiger partial charge is 0.356 e. The Balaban J connectivity index is 1.59. The van der Waals surface area contributed by atoms with Gasteiger partial charge in [-0.25, -0.2) is 0 Å². The van der Waals surface area contributed by atoms with Crippen molar-refractivity contribution in [3.05, 3.63) is 0 Å². The summed E-state index contributed by atoms with van der Waals surface area (Å²) in [6, 6.07) is 0.640. The molecule has 104 valence electrons. The second-order valence-corrected chi connectivity index (χ2v) is 6.15. The molecule has 2 aliphatic heterocycles. The second-order valence-electron chi connectivity index (χ2n) is 6.15. The molecule has 0 radical (unpaired) electrons.